The number of carbonyl (C=O) groups excluding carboxylic acids is 1. The molecule has 3 heterocycles. The van der Waals surface area contributed by atoms with Crippen LogP contribution in [-0.2, 0) is 20.8 Å². The van der Waals surface area contributed by atoms with E-state index in [-0.39, 0.29) is 24.0 Å². The third kappa shape index (κ3) is 5.31. The molecule has 0 spiro atoms. The Morgan fingerprint density at radius 2 is 1.89 bits per heavy atom. The summed E-state index contributed by atoms with van der Waals surface area (Å²) in [5.41, 5.74) is 4.04. The van der Waals surface area contributed by atoms with Crippen LogP contribution in [0, 0.1) is 11.8 Å². The summed E-state index contributed by atoms with van der Waals surface area (Å²) in [5.74, 6) is 1.61. The van der Waals surface area contributed by atoms with Crippen molar-refractivity contribution in [2.75, 3.05) is 41.4 Å². The van der Waals surface area contributed by atoms with Crippen molar-refractivity contribution in [1.29, 1.82) is 0 Å². The Morgan fingerprint density at radius 3 is 2.63 bits per heavy atom. The smallest absolute Gasteiger partial charge is 0.230 e. The van der Waals surface area contributed by atoms with E-state index in [1.165, 1.54) is 0 Å². The molecule has 1 amide bonds. The molecule has 188 valence electrons. The Morgan fingerprint density at radius 1 is 1.11 bits per heavy atom. The molecule has 1 N–H and O–H groups in total. The van der Waals surface area contributed by atoms with E-state index >= 15 is 0 Å². The molecule has 1 saturated heterocycles. The molecule has 2 aromatic rings. The van der Waals surface area contributed by atoms with E-state index in [0.717, 1.165) is 80.4 Å². The van der Waals surface area contributed by atoms with Crippen molar-refractivity contribution >= 4 is 28.8 Å². The van der Waals surface area contributed by atoms with Crippen LogP contribution in [0.5, 0.6) is 0 Å². The monoisotopic (exact) mass is 478 g/mol. The highest BCUT2D eigenvalue weighted by atomic mass is 16.5. The number of morpholine rings is 1. The fourth-order valence-electron chi connectivity index (χ4n) is 5.72. The molecule has 3 aliphatic rings. The highest BCUT2D eigenvalue weighted by molar-refractivity contribution is 6.00. The second-order valence-corrected chi connectivity index (χ2v) is 10.4. The van der Waals surface area contributed by atoms with E-state index in [4.69, 9.17) is 9.47 Å². The number of nitrogens with zero attached hydrogens (tertiary/aromatic N) is 3. The number of hydrogen-bond donors (Lipinski definition) is 1. The first kappa shape index (κ1) is 24.1. The number of hydrogen-bond acceptors (Lipinski definition) is 6. The number of anilines is 4. The largest absolute Gasteiger partial charge is 0.378 e. The fraction of sp³-hybridized carbons (Fsp3) is 0.571. The third-order valence-electron chi connectivity index (χ3n) is 7.66. The van der Waals surface area contributed by atoms with Gasteiger partial charge in [0.05, 0.1) is 43.3 Å². The van der Waals surface area contributed by atoms with Gasteiger partial charge in [-0.15, -0.1) is 0 Å². The normalized spacial score (nSPS) is 23.2. The fourth-order valence-corrected chi connectivity index (χ4v) is 5.72. The second kappa shape index (κ2) is 10.5. The lowest BCUT2D eigenvalue weighted by Gasteiger charge is -2.35. The summed E-state index contributed by atoms with van der Waals surface area (Å²) in [6, 6.07) is 10.4. The zero-order chi connectivity index (χ0) is 24.4. The number of pyridine rings is 1. The molecule has 2 aliphatic heterocycles. The summed E-state index contributed by atoms with van der Waals surface area (Å²) >= 11 is 0. The van der Waals surface area contributed by atoms with Gasteiger partial charge in [-0.25, -0.2) is 4.98 Å². The van der Waals surface area contributed by atoms with Crippen molar-refractivity contribution in [3.8, 4) is 0 Å². The molecule has 0 radical (unpaired) electrons. The van der Waals surface area contributed by atoms with Gasteiger partial charge in [0.15, 0.2) is 0 Å². The van der Waals surface area contributed by atoms with E-state index in [9.17, 15) is 4.79 Å². The number of nitrogens with one attached hydrogen (secondary N) is 1. The van der Waals surface area contributed by atoms with Crippen LogP contribution in [0.2, 0.25) is 0 Å². The Bertz CT molecular complexity index is 1030. The van der Waals surface area contributed by atoms with Gasteiger partial charge in [-0.1, -0.05) is 6.07 Å². The van der Waals surface area contributed by atoms with E-state index < -0.39 is 0 Å². The van der Waals surface area contributed by atoms with Crippen LogP contribution < -0.4 is 15.1 Å². The molecule has 0 bridgehead atoms. The van der Waals surface area contributed by atoms with Crippen LogP contribution in [0.15, 0.2) is 36.5 Å². The number of fused-ring (bicyclic) bond motifs is 2. The summed E-state index contributed by atoms with van der Waals surface area (Å²) < 4.78 is 11.6. The van der Waals surface area contributed by atoms with Crippen LogP contribution in [0.1, 0.15) is 52.0 Å². The first-order valence-corrected chi connectivity index (χ1v) is 13.1. The Kier molecular flexibility index (Phi) is 7.25. The van der Waals surface area contributed by atoms with E-state index in [0.29, 0.717) is 12.5 Å². The topological polar surface area (TPSA) is 66.9 Å². The molecular weight excluding hydrogens is 440 g/mol. The van der Waals surface area contributed by atoms with Crippen LogP contribution in [-0.4, -0.2) is 49.4 Å². The molecule has 1 aliphatic carbocycles. The minimum Gasteiger partial charge on any atom is -0.378 e. The lowest BCUT2D eigenvalue weighted by molar-refractivity contribution is -0.124. The summed E-state index contributed by atoms with van der Waals surface area (Å²) in [4.78, 5) is 22.9. The van der Waals surface area contributed by atoms with Gasteiger partial charge in [-0.05, 0) is 76.6 Å². The van der Waals surface area contributed by atoms with Gasteiger partial charge in [-0.3, -0.25) is 4.79 Å². The molecule has 1 aromatic heterocycles. The molecule has 2 fully saturated rings. The highest BCUT2D eigenvalue weighted by Gasteiger charge is 2.34. The molecule has 0 unspecified atom stereocenters. The van der Waals surface area contributed by atoms with Gasteiger partial charge >= 0.3 is 0 Å². The average molecular weight is 479 g/mol. The van der Waals surface area contributed by atoms with Crippen molar-refractivity contribution in [1.82, 2.24) is 4.98 Å². The second-order valence-electron chi connectivity index (χ2n) is 10.4. The molecule has 7 nitrogen and oxygen atoms in total. The maximum atomic E-state index is 14.0. The van der Waals surface area contributed by atoms with E-state index in [1.807, 2.05) is 11.0 Å². The van der Waals surface area contributed by atoms with Crippen LogP contribution in [0.4, 0.5) is 22.9 Å². The number of amides is 1. The number of rotatable bonds is 5. The zero-order valence-electron chi connectivity index (χ0n) is 21.2. The summed E-state index contributed by atoms with van der Waals surface area (Å²) in [7, 11) is 0. The van der Waals surface area contributed by atoms with Crippen molar-refractivity contribution in [2.45, 2.75) is 65.2 Å². The molecule has 1 aromatic carbocycles. The van der Waals surface area contributed by atoms with Gasteiger partial charge in [0, 0.05) is 36.5 Å². The third-order valence-corrected chi connectivity index (χ3v) is 7.66. The Labute approximate surface area is 208 Å². The van der Waals surface area contributed by atoms with Crippen LogP contribution >= 0.6 is 0 Å². The van der Waals surface area contributed by atoms with E-state index in [2.05, 4.69) is 60.2 Å². The first-order chi connectivity index (χ1) is 17.0. The predicted octanol–water partition coefficient (Wildman–Crippen LogP) is 5.13. The quantitative estimate of drug-likeness (QED) is 0.643. The van der Waals surface area contributed by atoms with Crippen molar-refractivity contribution < 1.29 is 14.3 Å². The molecule has 35 heavy (non-hydrogen) atoms. The van der Waals surface area contributed by atoms with Gasteiger partial charge in [0.25, 0.3) is 0 Å². The number of benzene rings is 1. The summed E-state index contributed by atoms with van der Waals surface area (Å²) in [5, 5.41) is 3.50. The maximum absolute atomic E-state index is 14.0. The van der Waals surface area contributed by atoms with Crippen molar-refractivity contribution in [3.05, 3.63) is 42.1 Å². The molecule has 7 heteroatoms. The standard InChI is InChI=1S/C28H38N4O3/c1-19(2)35-20(3)21-6-8-22(9-7-21)28(33)32-18-23-5-4-12-29-27(23)30-25-11-10-24(17-26(25)32)31-13-15-34-16-14-31/h4-5,10-12,17,19-22H,6-9,13-16,18H2,1-3H3,(H,29,30)/t20-,21-,22+/m0/s1. The Hall–Kier alpha value is -2.64. The first-order valence-electron chi connectivity index (χ1n) is 13.1. The van der Waals surface area contributed by atoms with Crippen LogP contribution in [0.25, 0.3) is 0 Å². The molecular formula is C28H38N4O3. The lowest BCUT2D eigenvalue weighted by Crippen LogP contribution is -2.39. The molecule has 5 rings (SSSR count). The number of carbonyl (C=O) groups is 1. The van der Waals surface area contributed by atoms with Crippen molar-refractivity contribution in [3.63, 3.8) is 0 Å². The SMILES string of the molecule is CC(C)O[C@@H](C)[C@H]1CC[C@@H](C(=O)N2Cc3cccnc3Nc3ccc(N4CCOCC4)cc32)CC1. The predicted molar refractivity (Wildman–Crippen MR) is 139 cm³/mol. The van der Waals surface area contributed by atoms with Gasteiger partial charge in [0.1, 0.15) is 5.82 Å². The average Bonchev–Trinajstić information content (AvgIpc) is 3.05. The highest BCUT2D eigenvalue weighted by Crippen LogP contribution is 2.40. The molecule has 1 saturated carbocycles. The lowest BCUT2D eigenvalue weighted by atomic mass is 9.79. The molecule has 1 atom stereocenters. The minimum absolute atomic E-state index is 0.0376. The van der Waals surface area contributed by atoms with Crippen LogP contribution in [0.3, 0.4) is 0 Å². The summed E-state index contributed by atoms with van der Waals surface area (Å²) in [6.45, 7) is 10.1. The van der Waals surface area contributed by atoms with E-state index in [1.54, 1.807) is 6.20 Å². The minimum atomic E-state index is 0.0376. The van der Waals surface area contributed by atoms with Gasteiger partial charge < -0.3 is 24.6 Å². The number of aromatic nitrogens is 1. The Balaban J connectivity index is 1.40. The maximum Gasteiger partial charge on any atom is 0.230 e. The number of ether oxygens (including phenoxy) is 2. The zero-order valence-corrected chi connectivity index (χ0v) is 21.2. The van der Waals surface area contributed by atoms with Gasteiger partial charge in [-0.2, -0.15) is 0 Å². The summed E-state index contributed by atoms with van der Waals surface area (Å²) in [6.07, 6.45) is 6.18. The van der Waals surface area contributed by atoms with Gasteiger partial charge in [0.2, 0.25) is 5.91 Å². The van der Waals surface area contributed by atoms with Crippen molar-refractivity contribution in [2.24, 2.45) is 11.8 Å².